The number of carbonyl (C=O) groups is 1. The number of benzene rings is 1. The smallest absolute Gasteiger partial charge is 0.414 e. The van der Waals surface area contributed by atoms with Crippen LogP contribution in [0.15, 0.2) is 18.2 Å². The Morgan fingerprint density at radius 1 is 1.12 bits per heavy atom. The molecule has 0 radical (unpaired) electrons. The van der Waals surface area contributed by atoms with Crippen LogP contribution in [0.3, 0.4) is 0 Å². The van der Waals surface area contributed by atoms with E-state index in [9.17, 15) is 4.79 Å². The molecule has 0 unspecified atom stereocenters. The monoisotopic (exact) mass is 235 g/mol. The van der Waals surface area contributed by atoms with Gasteiger partial charge in [-0.25, -0.2) is 4.79 Å². The Labute approximate surface area is 103 Å². The SMILES string of the molecule is Cc1cc(C)cc(N(C)C(=O)OC(C)(C)C)c1. The lowest BCUT2D eigenvalue weighted by Gasteiger charge is -2.25. The molecule has 0 aliphatic rings. The van der Waals surface area contributed by atoms with Crippen LogP contribution in [-0.2, 0) is 4.74 Å². The van der Waals surface area contributed by atoms with Crippen molar-refractivity contribution in [1.29, 1.82) is 0 Å². The molecule has 1 aromatic rings. The Morgan fingerprint density at radius 2 is 1.59 bits per heavy atom. The third-order valence-corrected chi connectivity index (χ3v) is 2.26. The van der Waals surface area contributed by atoms with Gasteiger partial charge in [0.05, 0.1) is 0 Å². The maximum Gasteiger partial charge on any atom is 0.414 e. The molecule has 0 heterocycles. The van der Waals surface area contributed by atoms with Crippen molar-refractivity contribution in [2.75, 3.05) is 11.9 Å². The van der Waals surface area contributed by atoms with Crippen molar-refractivity contribution >= 4 is 11.8 Å². The number of hydrogen-bond acceptors (Lipinski definition) is 2. The van der Waals surface area contributed by atoms with E-state index in [0.717, 1.165) is 16.8 Å². The topological polar surface area (TPSA) is 29.5 Å². The minimum atomic E-state index is -0.468. The van der Waals surface area contributed by atoms with E-state index in [1.54, 1.807) is 7.05 Å². The zero-order chi connectivity index (χ0) is 13.2. The zero-order valence-electron chi connectivity index (χ0n) is 11.5. The molecule has 1 aromatic carbocycles. The number of aryl methyl sites for hydroxylation is 2. The average Bonchev–Trinajstić information content (AvgIpc) is 2.12. The van der Waals surface area contributed by atoms with Gasteiger partial charge in [0, 0.05) is 12.7 Å². The number of nitrogens with zero attached hydrogens (tertiary/aromatic N) is 1. The minimum Gasteiger partial charge on any atom is -0.443 e. The summed E-state index contributed by atoms with van der Waals surface area (Å²) in [6.45, 7) is 9.61. The Bertz CT molecular complexity index is 398. The van der Waals surface area contributed by atoms with Crippen molar-refractivity contribution in [3.8, 4) is 0 Å². The van der Waals surface area contributed by atoms with Crippen LogP contribution in [-0.4, -0.2) is 18.7 Å². The maximum atomic E-state index is 11.9. The number of hydrogen-bond donors (Lipinski definition) is 0. The Morgan fingerprint density at radius 3 is 2.00 bits per heavy atom. The first-order valence-electron chi connectivity index (χ1n) is 5.74. The quantitative estimate of drug-likeness (QED) is 0.743. The molecule has 94 valence electrons. The molecule has 3 nitrogen and oxygen atoms in total. The highest BCUT2D eigenvalue weighted by atomic mass is 16.6. The summed E-state index contributed by atoms with van der Waals surface area (Å²) in [5, 5.41) is 0. The molecule has 0 N–H and O–H groups in total. The van der Waals surface area contributed by atoms with E-state index in [-0.39, 0.29) is 6.09 Å². The highest BCUT2D eigenvalue weighted by Crippen LogP contribution is 2.19. The molecule has 0 saturated heterocycles. The van der Waals surface area contributed by atoms with Crippen molar-refractivity contribution in [1.82, 2.24) is 0 Å². The molecular weight excluding hydrogens is 214 g/mol. The van der Waals surface area contributed by atoms with Gasteiger partial charge < -0.3 is 4.74 Å². The number of ether oxygens (including phenoxy) is 1. The zero-order valence-corrected chi connectivity index (χ0v) is 11.5. The highest BCUT2D eigenvalue weighted by Gasteiger charge is 2.20. The first-order valence-corrected chi connectivity index (χ1v) is 5.74. The summed E-state index contributed by atoms with van der Waals surface area (Å²) in [5.74, 6) is 0. The second kappa shape index (κ2) is 4.78. The van der Waals surface area contributed by atoms with Crippen molar-refractivity contribution in [3.63, 3.8) is 0 Å². The summed E-state index contributed by atoms with van der Waals surface area (Å²) in [4.78, 5) is 13.4. The Balaban J connectivity index is 2.89. The van der Waals surface area contributed by atoms with Crippen molar-refractivity contribution < 1.29 is 9.53 Å². The fraction of sp³-hybridized carbons (Fsp3) is 0.500. The summed E-state index contributed by atoms with van der Waals surface area (Å²) < 4.78 is 5.32. The van der Waals surface area contributed by atoms with E-state index < -0.39 is 5.60 Å². The third kappa shape index (κ3) is 4.10. The lowest BCUT2D eigenvalue weighted by molar-refractivity contribution is 0.0589. The predicted molar refractivity (Wildman–Crippen MR) is 70.6 cm³/mol. The van der Waals surface area contributed by atoms with Crippen LogP contribution in [0.25, 0.3) is 0 Å². The molecule has 1 rings (SSSR count). The molecule has 0 aliphatic carbocycles. The molecule has 1 amide bonds. The number of carbonyl (C=O) groups excluding carboxylic acids is 1. The van der Waals surface area contributed by atoms with Gasteiger partial charge in [0.15, 0.2) is 0 Å². The number of rotatable bonds is 1. The van der Waals surface area contributed by atoms with Gasteiger partial charge in [0.2, 0.25) is 0 Å². The van der Waals surface area contributed by atoms with Crippen LogP contribution >= 0.6 is 0 Å². The van der Waals surface area contributed by atoms with E-state index in [0.29, 0.717) is 0 Å². The fourth-order valence-corrected chi connectivity index (χ4v) is 1.58. The molecule has 0 spiro atoms. The van der Waals surface area contributed by atoms with E-state index in [2.05, 4.69) is 6.07 Å². The summed E-state index contributed by atoms with van der Waals surface area (Å²) in [5.41, 5.74) is 2.66. The van der Waals surface area contributed by atoms with E-state index >= 15 is 0 Å². The first kappa shape index (κ1) is 13.6. The van der Waals surface area contributed by atoms with Gasteiger partial charge in [-0.15, -0.1) is 0 Å². The molecule has 0 fully saturated rings. The number of anilines is 1. The normalized spacial score (nSPS) is 11.2. The summed E-state index contributed by atoms with van der Waals surface area (Å²) in [6, 6.07) is 6.01. The van der Waals surface area contributed by atoms with Crippen molar-refractivity contribution in [2.45, 2.75) is 40.2 Å². The van der Waals surface area contributed by atoms with Crippen LogP contribution in [0.2, 0.25) is 0 Å². The highest BCUT2D eigenvalue weighted by molar-refractivity contribution is 5.87. The first-order chi connectivity index (χ1) is 7.69. The third-order valence-electron chi connectivity index (χ3n) is 2.26. The van der Waals surface area contributed by atoms with Gasteiger partial charge in [-0.3, -0.25) is 4.90 Å². The van der Waals surface area contributed by atoms with Gasteiger partial charge in [-0.1, -0.05) is 6.07 Å². The van der Waals surface area contributed by atoms with E-state index in [1.165, 1.54) is 4.90 Å². The van der Waals surface area contributed by atoms with Gasteiger partial charge in [0.1, 0.15) is 5.60 Å². The predicted octanol–water partition coefficient (Wildman–Crippen LogP) is 3.67. The second-order valence-corrected chi connectivity index (χ2v) is 5.39. The van der Waals surface area contributed by atoms with Gasteiger partial charge in [-0.2, -0.15) is 0 Å². The fourth-order valence-electron chi connectivity index (χ4n) is 1.58. The lowest BCUT2D eigenvalue weighted by Crippen LogP contribution is -2.34. The largest absolute Gasteiger partial charge is 0.443 e. The summed E-state index contributed by atoms with van der Waals surface area (Å²) >= 11 is 0. The summed E-state index contributed by atoms with van der Waals surface area (Å²) in [6.07, 6.45) is -0.331. The summed E-state index contributed by atoms with van der Waals surface area (Å²) in [7, 11) is 1.72. The molecule has 0 bridgehead atoms. The molecular formula is C14H21NO2. The molecule has 0 atom stereocenters. The lowest BCUT2D eigenvalue weighted by atomic mass is 10.1. The van der Waals surface area contributed by atoms with Crippen LogP contribution in [0.1, 0.15) is 31.9 Å². The Kier molecular flexibility index (Phi) is 3.81. The average molecular weight is 235 g/mol. The van der Waals surface area contributed by atoms with Crippen LogP contribution < -0.4 is 4.90 Å². The van der Waals surface area contributed by atoms with Gasteiger partial charge in [0.25, 0.3) is 0 Å². The van der Waals surface area contributed by atoms with E-state index in [4.69, 9.17) is 4.74 Å². The molecule has 0 aromatic heterocycles. The Hall–Kier alpha value is -1.51. The number of amides is 1. The molecule has 0 saturated carbocycles. The van der Waals surface area contributed by atoms with E-state index in [1.807, 2.05) is 46.8 Å². The van der Waals surface area contributed by atoms with Crippen LogP contribution in [0.5, 0.6) is 0 Å². The van der Waals surface area contributed by atoms with Gasteiger partial charge >= 0.3 is 6.09 Å². The van der Waals surface area contributed by atoms with Gasteiger partial charge in [-0.05, 0) is 57.9 Å². The maximum absolute atomic E-state index is 11.9. The van der Waals surface area contributed by atoms with Crippen molar-refractivity contribution in [2.24, 2.45) is 0 Å². The molecule has 3 heteroatoms. The standard InChI is InChI=1S/C14H21NO2/c1-10-7-11(2)9-12(8-10)15(6)13(16)17-14(3,4)5/h7-9H,1-6H3. The van der Waals surface area contributed by atoms with Crippen LogP contribution in [0, 0.1) is 13.8 Å². The second-order valence-electron chi connectivity index (χ2n) is 5.39. The van der Waals surface area contributed by atoms with Crippen molar-refractivity contribution in [3.05, 3.63) is 29.3 Å². The minimum absolute atomic E-state index is 0.331. The van der Waals surface area contributed by atoms with Crippen LogP contribution in [0.4, 0.5) is 10.5 Å². The molecule has 0 aliphatic heterocycles. The molecule has 17 heavy (non-hydrogen) atoms.